The molecule has 0 aliphatic carbocycles. The Balaban J connectivity index is 1.78. The fourth-order valence-corrected chi connectivity index (χ4v) is 4.43. The van der Waals surface area contributed by atoms with Gasteiger partial charge >= 0.3 is 0 Å². The zero-order valence-corrected chi connectivity index (χ0v) is 20.1. The second-order valence-electron chi connectivity index (χ2n) is 8.32. The van der Waals surface area contributed by atoms with Gasteiger partial charge in [0.2, 0.25) is 10.7 Å². The predicted molar refractivity (Wildman–Crippen MR) is 129 cm³/mol. The van der Waals surface area contributed by atoms with Crippen LogP contribution in [0.5, 0.6) is 5.75 Å². The van der Waals surface area contributed by atoms with Crippen LogP contribution in [0.1, 0.15) is 24.5 Å². The number of ether oxygens (including phenoxy) is 2. The first-order valence-corrected chi connectivity index (χ1v) is 11.6. The van der Waals surface area contributed by atoms with Crippen molar-refractivity contribution in [3.63, 3.8) is 0 Å². The molecule has 35 heavy (non-hydrogen) atoms. The van der Waals surface area contributed by atoms with Crippen molar-refractivity contribution in [2.24, 2.45) is 0 Å². The van der Waals surface area contributed by atoms with Gasteiger partial charge in [-0.1, -0.05) is 36.4 Å². The molecule has 0 spiro atoms. The Bertz CT molecular complexity index is 1230. The largest absolute Gasteiger partial charge is 0.485 e. The summed E-state index contributed by atoms with van der Waals surface area (Å²) in [6.07, 6.45) is -5.04. The minimum atomic E-state index is -1.43. The summed E-state index contributed by atoms with van der Waals surface area (Å²) in [4.78, 5) is 11.9. The summed E-state index contributed by atoms with van der Waals surface area (Å²) in [5, 5.41) is 38.0. The standard InChI is InChI=1S/C24H28N4O6S/c1-14-8-6-7-11-17(14)33-13-19-26-28(24(35)27(19)16-9-4-3-5-10-16)23-20(25-15(2)30)22(32)21(31)18(12-29)34-23/h3-11,18,20-23,29,31-32H,12-13H2,1-2H3,(H,25,30)/t18-,20-,21-,22-,23-/m1/s1. The van der Waals surface area contributed by atoms with E-state index in [1.165, 1.54) is 11.6 Å². The number of para-hydroxylation sites is 2. The van der Waals surface area contributed by atoms with Crippen LogP contribution in [0.25, 0.3) is 5.69 Å². The molecule has 11 heteroatoms. The second-order valence-corrected chi connectivity index (χ2v) is 8.69. The summed E-state index contributed by atoms with van der Waals surface area (Å²) in [6.45, 7) is 2.75. The van der Waals surface area contributed by atoms with E-state index in [2.05, 4.69) is 10.4 Å². The highest BCUT2D eigenvalue weighted by Gasteiger charge is 2.46. The lowest BCUT2D eigenvalue weighted by atomic mass is 9.96. The number of aliphatic hydroxyl groups is 3. The minimum absolute atomic E-state index is 0.0719. The summed E-state index contributed by atoms with van der Waals surface area (Å²) in [5.74, 6) is 0.710. The van der Waals surface area contributed by atoms with E-state index in [-0.39, 0.29) is 11.4 Å². The summed E-state index contributed by atoms with van der Waals surface area (Å²) in [6, 6.07) is 15.8. The maximum atomic E-state index is 11.9. The Hall–Kier alpha value is -3.09. The molecule has 1 aromatic heterocycles. The molecule has 0 bridgehead atoms. The van der Waals surface area contributed by atoms with Gasteiger partial charge in [-0.2, -0.15) is 5.10 Å². The monoisotopic (exact) mass is 500 g/mol. The zero-order chi connectivity index (χ0) is 25.1. The molecule has 1 saturated heterocycles. The molecule has 1 aliphatic rings. The SMILES string of the molecule is CC(=O)N[C@@H]1[C@@H](O)[C@H](O)[C@@H](CO)O[C@H]1n1nc(COc2ccccc2C)n(-c2ccccc2)c1=S. The molecule has 0 saturated carbocycles. The highest BCUT2D eigenvalue weighted by molar-refractivity contribution is 7.71. The first-order chi connectivity index (χ1) is 16.8. The molecule has 1 fully saturated rings. The molecule has 0 unspecified atom stereocenters. The van der Waals surface area contributed by atoms with Crippen molar-refractivity contribution >= 4 is 18.1 Å². The number of aliphatic hydroxyl groups excluding tert-OH is 3. The molecule has 186 valence electrons. The molecule has 2 aromatic carbocycles. The highest BCUT2D eigenvalue weighted by atomic mass is 32.1. The molecule has 1 amide bonds. The molecule has 3 aromatic rings. The Morgan fingerprint density at radius 1 is 1.14 bits per heavy atom. The zero-order valence-electron chi connectivity index (χ0n) is 19.3. The van der Waals surface area contributed by atoms with Gasteiger partial charge < -0.3 is 30.1 Å². The van der Waals surface area contributed by atoms with Gasteiger partial charge in [-0.05, 0) is 42.9 Å². The Labute approximate surface area is 207 Å². The highest BCUT2D eigenvalue weighted by Crippen LogP contribution is 2.30. The smallest absolute Gasteiger partial charge is 0.217 e. The lowest BCUT2D eigenvalue weighted by Crippen LogP contribution is -2.62. The first kappa shape index (κ1) is 25.0. The maximum absolute atomic E-state index is 11.9. The molecule has 4 rings (SSSR count). The molecule has 4 N–H and O–H groups in total. The summed E-state index contributed by atoms with van der Waals surface area (Å²) < 4.78 is 15.2. The van der Waals surface area contributed by atoms with Crippen LogP contribution in [0.2, 0.25) is 0 Å². The number of nitrogens with one attached hydrogen (secondary N) is 1. The number of rotatable bonds is 7. The van der Waals surface area contributed by atoms with Gasteiger partial charge in [-0.25, -0.2) is 4.68 Å². The lowest BCUT2D eigenvalue weighted by molar-refractivity contribution is -0.219. The lowest BCUT2D eigenvalue weighted by Gasteiger charge is -2.42. The number of carbonyl (C=O) groups is 1. The molecule has 10 nitrogen and oxygen atoms in total. The Morgan fingerprint density at radius 2 is 1.83 bits per heavy atom. The van der Waals surface area contributed by atoms with Crippen LogP contribution in [0.15, 0.2) is 54.6 Å². The van der Waals surface area contributed by atoms with Crippen LogP contribution in [-0.2, 0) is 16.1 Å². The average molecular weight is 501 g/mol. The van der Waals surface area contributed by atoms with E-state index in [1.807, 2.05) is 61.5 Å². The van der Waals surface area contributed by atoms with E-state index in [1.54, 1.807) is 4.57 Å². The summed E-state index contributed by atoms with van der Waals surface area (Å²) in [7, 11) is 0. The van der Waals surface area contributed by atoms with E-state index < -0.39 is 43.1 Å². The van der Waals surface area contributed by atoms with E-state index in [4.69, 9.17) is 21.7 Å². The Kier molecular flexibility index (Phi) is 7.63. The number of hydrogen-bond acceptors (Lipinski definition) is 8. The fourth-order valence-electron chi connectivity index (χ4n) is 4.08. The van der Waals surface area contributed by atoms with Gasteiger partial charge in [-0.3, -0.25) is 9.36 Å². The topological polar surface area (TPSA) is 131 Å². The van der Waals surface area contributed by atoms with Gasteiger partial charge in [0, 0.05) is 12.6 Å². The van der Waals surface area contributed by atoms with Gasteiger partial charge in [0.1, 0.15) is 36.7 Å². The molecule has 0 radical (unpaired) electrons. The quantitative estimate of drug-likeness (QED) is 0.358. The molecular weight excluding hydrogens is 472 g/mol. The van der Waals surface area contributed by atoms with Crippen molar-refractivity contribution in [3.8, 4) is 11.4 Å². The van der Waals surface area contributed by atoms with Gasteiger partial charge in [0.05, 0.1) is 6.61 Å². The van der Waals surface area contributed by atoms with Crippen molar-refractivity contribution in [3.05, 3.63) is 70.8 Å². The maximum Gasteiger partial charge on any atom is 0.217 e. The number of nitrogens with zero attached hydrogens (tertiary/aromatic N) is 3. The van der Waals surface area contributed by atoms with Crippen molar-refractivity contribution < 1.29 is 29.6 Å². The third-order valence-corrected chi connectivity index (χ3v) is 6.21. The number of aryl methyl sites for hydroxylation is 1. The van der Waals surface area contributed by atoms with Crippen LogP contribution in [0.3, 0.4) is 0 Å². The van der Waals surface area contributed by atoms with Crippen LogP contribution < -0.4 is 10.1 Å². The second kappa shape index (κ2) is 10.7. The molecule has 2 heterocycles. The molecular formula is C24H28N4O6S. The third-order valence-electron chi connectivity index (χ3n) is 5.84. The fraction of sp³-hybridized carbons (Fsp3) is 0.375. The van der Waals surface area contributed by atoms with Crippen LogP contribution in [0, 0.1) is 11.7 Å². The number of aromatic nitrogens is 3. The Morgan fingerprint density at radius 3 is 2.49 bits per heavy atom. The number of hydrogen-bond donors (Lipinski definition) is 4. The van der Waals surface area contributed by atoms with Gasteiger partial charge in [0.15, 0.2) is 12.1 Å². The average Bonchev–Trinajstić information content (AvgIpc) is 3.18. The normalized spacial score (nSPS) is 24.2. The summed E-state index contributed by atoms with van der Waals surface area (Å²) >= 11 is 5.75. The van der Waals surface area contributed by atoms with E-state index in [9.17, 15) is 20.1 Å². The number of carbonyl (C=O) groups excluding carboxylic acids is 1. The van der Waals surface area contributed by atoms with Crippen molar-refractivity contribution in [2.75, 3.05) is 6.61 Å². The number of benzene rings is 2. The summed E-state index contributed by atoms with van der Waals surface area (Å²) in [5.41, 5.74) is 1.69. The van der Waals surface area contributed by atoms with Crippen molar-refractivity contribution in [1.82, 2.24) is 19.7 Å². The van der Waals surface area contributed by atoms with E-state index >= 15 is 0 Å². The van der Waals surface area contributed by atoms with Crippen LogP contribution in [-0.4, -0.2) is 66.5 Å². The molecule has 5 atom stereocenters. The third kappa shape index (κ3) is 5.14. The predicted octanol–water partition coefficient (Wildman–Crippen LogP) is 1.41. The van der Waals surface area contributed by atoms with Crippen LogP contribution in [0.4, 0.5) is 0 Å². The van der Waals surface area contributed by atoms with E-state index in [0.717, 1.165) is 11.3 Å². The number of amides is 1. The first-order valence-electron chi connectivity index (χ1n) is 11.2. The van der Waals surface area contributed by atoms with E-state index in [0.29, 0.717) is 11.6 Å². The molecule has 1 aliphatic heterocycles. The van der Waals surface area contributed by atoms with Crippen molar-refractivity contribution in [2.45, 2.75) is 51.0 Å². The van der Waals surface area contributed by atoms with Crippen LogP contribution >= 0.6 is 12.2 Å². The van der Waals surface area contributed by atoms with Gasteiger partial charge in [-0.15, -0.1) is 0 Å². The van der Waals surface area contributed by atoms with Crippen molar-refractivity contribution in [1.29, 1.82) is 0 Å². The van der Waals surface area contributed by atoms with Gasteiger partial charge in [0.25, 0.3) is 0 Å². The minimum Gasteiger partial charge on any atom is -0.485 e.